The molecule has 0 radical (unpaired) electrons. The van der Waals surface area contributed by atoms with E-state index in [2.05, 4.69) is 0 Å². The second-order valence-corrected chi connectivity index (χ2v) is 10.4. The van der Waals surface area contributed by atoms with Crippen LogP contribution in [0.5, 0.6) is 0 Å². The number of esters is 2. The van der Waals surface area contributed by atoms with E-state index < -0.39 is 29.0 Å². The van der Waals surface area contributed by atoms with Crippen molar-refractivity contribution in [3.05, 3.63) is 0 Å². The Kier molecular flexibility index (Phi) is 4.84. The van der Waals surface area contributed by atoms with Gasteiger partial charge in [0, 0.05) is 25.2 Å². The maximum absolute atomic E-state index is 12.9. The fourth-order valence-electron chi connectivity index (χ4n) is 6.69. The molecular weight excluding hydrogens is 376 g/mol. The van der Waals surface area contributed by atoms with Crippen molar-refractivity contribution in [1.82, 2.24) is 0 Å². The van der Waals surface area contributed by atoms with Crippen molar-refractivity contribution in [2.75, 3.05) is 0 Å². The maximum Gasteiger partial charge on any atom is 0.309 e. The lowest BCUT2D eigenvalue weighted by molar-refractivity contribution is -0.182. The molecule has 7 heteroatoms. The van der Waals surface area contributed by atoms with E-state index in [1.165, 1.54) is 6.92 Å². The summed E-state index contributed by atoms with van der Waals surface area (Å²) >= 11 is 0. The largest absolute Gasteiger partial charge is 0.459 e. The molecule has 0 aromatic rings. The van der Waals surface area contributed by atoms with Crippen molar-refractivity contribution >= 4 is 11.9 Å². The third kappa shape index (κ3) is 3.20. The summed E-state index contributed by atoms with van der Waals surface area (Å²) < 4.78 is 18.4. The maximum atomic E-state index is 12.9. The van der Waals surface area contributed by atoms with Crippen LogP contribution in [0, 0.1) is 23.7 Å². The summed E-state index contributed by atoms with van der Waals surface area (Å²) in [5, 5.41) is 21.7. The number of hydrogen-bond donors (Lipinski definition) is 2. The first-order valence-corrected chi connectivity index (χ1v) is 10.9. The van der Waals surface area contributed by atoms with Gasteiger partial charge in [-0.1, -0.05) is 6.92 Å². The van der Waals surface area contributed by atoms with Gasteiger partial charge in [-0.15, -0.1) is 0 Å². The number of carbonyl (C=O) groups excluding carboxylic acids is 2. The summed E-state index contributed by atoms with van der Waals surface area (Å²) in [4.78, 5) is 24.8. The van der Waals surface area contributed by atoms with E-state index >= 15 is 0 Å². The molecule has 4 fully saturated rings. The molecule has 0 aromatic carbocycles. The van der Waals surface area contributed by atoms with E-state index in [0.717, 1.165) is 6.42 Å². The fourth-order valence-corrected chi connectivity index (χ4v) is 6.69. The zero-order valence-corrected chi connectivity index (χ0v) is 18.0. The molecule has 7 nitrogen and oxygen atoms in total. The molecule has 164 valence electrons. The molecule has 10 atom stereocenters. The molecular formula is C22H34O7. The number of aliphatic hydroxyl groups excluding tert-OH is 1. The highest BCUT2D eigenvalue weighted by Gasteiger charge is 2.67. The molecule has 3 aliphatic heterocycles. The molecule has 0 spiro atoms. The van der Waals surface area contributed by atoms with Crippen LogP contribution in [0.4, 0.5) is 0 Å². The number of ether oxygens (including phenoxy) is 3. The van der Waals surface area contributed by atoms with Crippen LogP contribution in [0.15, 0.2) is 0 Å². The van der Waals surface area contributed by atoms with E-state index in [-0.39, 0.29) is 48.1 Å². The van der Waals surface area contributed by atoms with E-state index in [1.807, 2.05) is 20.8 Å². The Morgan fingerprint density at radius 1 is 1.21 bits per heavy atom. The van der Waals surface area contributed by atoms with Crippen molar-refractivity contribution in [3.63, 3.8) is 0 Å². The van der Waals surface area contributed by atoms with Crippen LogP contribution in [0.1, 0.15) is 66.7 Å². The molecule has 2 bridgehead atoms. The first-order valence-electron chi connectivity index (χ1n) is 10.9. The van der Waals surface area contributed by atoms with Crippen molar-refractivity contribution in [1.29, 1.82) is 0 Å². The molecule has 2 N–H and O–H groups in total. The summed E-state index contributed by atoms with van der Waals surface area (Å²) in [7, 11) is 0. The highest BCUT2D eigenvalue weighted by molar-refractivity contribution is 5.73. The van der Waals surface area contributed by atoms with Crippen LogP contribution in [-0.2, 0) is 23.8 Å². The van der Waals surface area contributed by atoms with Crippen molar-refractivity contribution < 1.29 is 34.0 Å². The Morgan fingerprint density at radius 2 is 1.90 bits per heavy atom. The molecule has 3 saturated heterocycles. The second kappa shape index (κ2) is 6.66. The number of aliphatic hydroxyl groups is 2. The Bertz CT molecular complexity index is 705. The van der Waals surface area contributed by atoms with E-state index in [9.17, 15) is 19.8 Å². The van der Waals surface area contributed by atoms with Gasteiger partial charge < -0.3 is 24.4 Å². The third-order valence-electron chi connectivity index (χ3n) is 8.23. The van der Waals surface area contributed by atoms with Crippen LogP contribution in [0.25, 0.3) is 0 Å². The quantitative estimate of drug-likeness (QED) is 0.637. The molecule has 1 aliphatic carbocycles. The molecule has 4 rings (SSSR count). The Morgan fingerprint density at radius 3 is 2.55 bits per heavy atom. The predicted molar refractivity (Wildman–Crippen MR) is 103 cm³/mol. The van der Waals surface area contributed by atoms with E-state index in [0.29, 0.717) is 19.3 Å². The first-order chi connectivity index (χ1) is 13.4. The van der Waals surface area contributed by atoms with Gasteiger partial charge in [0.05, 0.1) is 23.7 Å². The van der Waals surface area contributed by atoms with Gasteiger partial charge >= 0.3 is 11.9 Å². The molecule has 3 heterocycles. The summed E-state index contributed by atoms with van der Waals surface area (Å²) in [6, 6.07) is 0. The second-order valence-electron chi connectivity index (χ2n) is 10.4. The monoisotopic (exact) mass is 410 g/mol. The minimum atomic E-state index is -1.34. The van der Waals surface area contributed by atoms with Crippen molar-refractivity contribution in [2.24, 2.45) is 23.7 Å². The van der Waals surface area contributed by atoms with Crippen LogP contribution in [0.3, 0.4) is 0 Å². The van der Waals surface area contributed by atoms with E-state index in [4.69, 9.17) is 14.2 Å². The Labute approximate surface area is 172 Å². The molecule has 0 amide bonds. The average molecular weight is 411 g/mol. The molecule has 4 aliphatic rings. The summed E-state index contributed by atoms with van der Waals surface area (Å²) in [6.07, 6.45) is 0.637. The lowest BCUT2D eigenvalue weighted by atomic mass is 9.57. The standard InChI is InChI=1S/C22H34O7/c1-11-13-6-8-21(4,28-12(2)23)17-14-10-20(3,26)15(24)7-9-22(5,29-19(11)25)18(27-14)16(13)17/h11,13-18,24,26H,6-10H2,1-5H3. The van der Waals surface area contributed by atoms with Crippen molar-refractivity contribution in [3.8, 4) is 0 Å². The summed E-state index contributed by atoms with van der Waals surface area (Å²) in [6.45, 7) is 8.79. The number of fused-ring (bicyclic) bond motifs is 2. The smallest absolute Gasteiger partial charge is 0.309 e. The lowest BCUT2D eigenvalue weighted by Gasteiger charge is -2.49. The number of hydrogen-bond acceptors (Lipinski definition) is 7. The van der Waals surface area contributed by atoms with Gasteiger partial charge in [-0.05, 0) is 52.4 Å². The SMILES string of the molecule is CC(=O)OC1(C)CCC2C(C)C(=O)OC3(C)CCC(O)C(C)(O)CC4OC3C2C41. The van der Waals surface area contributed by atoms with Crippen LogP contribution in [-0.4, -0.2) is 57.3 Å². The molecule has 0 aromatic heterocycles. The minimum absolute atomic E-state index is 0.0180. The molecule has 1 saturated carbocycles. The Balaban J connectivity index is 1.85. The van der Waals surface area contributed by atoms with Crippen molar-refractivity contribution in [2.45, 2.75) is 102 Å². The first kappa shape index (κ1) is 21.1. The van der Waals surface area contributed by atoms with Crippen LogP contribution in [0.2, 0.25) is 0 Å². The van der Waals surface area contributed by atoms with Crippen LogP contribution < -0.4 is 0 Å². The van der Waals surface area contributed by atoms with Gasteiger partial charge in [-0.2, -0.15) is 0 Å². The van der Waals surface area contributed by atoms with E-state index in [1.54, 1.807) is 6.92 Å². The topological polar surface area (TPSA) is 102 Å². The number of rotatable bonds is 1. The average Bonchev–Trinajstić information content (AvgIpc) is 2.96. The zero-order valence-electron chi connectivity index (χ0n) is 18.0. The normalized spacial score (nSPS) is 54.4. The highest BCUT2D eigenvalue weighted by atomic mass is 16.6. The Hall–Kier alpha value is -1.18. The van der Waals surface area contributed by atoms with Gasteiger partial charge in [-0.3, -0.25) is 9.59 Å². The zero-order chi connectivity index (χ0) is 21.4. The summed E-state index contributed by atoms with van der Waals surface area (Å²) in [5.74, 6) is -0.977. The van der Waals surface area contributed by atoms with Gasteiger partial charge in [0.1, 0.15) is 17.3 Å². The van der Waals surface area contributed by atoms with Gasteiger partial charge in [-0.25, -0.2) is 0 Å². The fraction of sp³-hybridized carbons (Fsp3) is 0.909. The lowest BCUT2D eigenvalue weighted by Crippen LogP contribution is -2.56. The summed E-state index contributed by atoms with van der Waals surface area (Å²) in [5.41, 5.74) is -2.99. The number of carbonyl (C=O) groups is 2. The van der Waals surface area contributed by atoms with Gasteiger partial charge in [0.25, 0.3) is 0 Å². The predicted octanol–water partition coefficient (Wildman–Crippen LogP) is 1.97. The molecule has 29 heavy (non-hydrogen) atoms. The van der Waals surface area contributed by atoms with Gasteiger partial charge in [0.2, 0.25) is 0 Å². The van der Waals surface area contributed by atoms with Gasteiger partial charge in [0.15, 0.2) is 0 Å². The van der Waals surface area contributed by atoms with Crippen LogP contribution >= 0.6 is 0 Å². The third-order valence-corrected chi connectivity index (χ3v) is 8.23. The molecule has 10 unspecified atom stereocenters. The highest BCUT2D eigenvalue weighted by Crippen LogP contribution is 2.59. The minimum Gasteiger partial charge on any atom is -0.459 e.